The van der Waals surface area contributed by atoms with E-state index >= 15 is 0 Å². The average molecular weight is 254 g/mol. The first-order valence-corrected chi connectivity index (χ1v) is 6.64. The number of rotatable bonds is 5. The molecule has 0 aliphatic rings. The SMILES string of the molecule is C=C.CCCc1cccc(OCc2ccccc2)c1. The molecule has 2 aromatic carbocycles. The largest absolute Gasteiger partial charge is 0.489 e. The van der Waals surface area contributed by atoms with Crippen molar-refractivity contribution >= 4 is 0 Å². The fourth-order valence-corrected chi connectivity index (χ4v) is 1.82. The van der Waals surface area contributed by atoms with Crippen LogP contribution in [0.4, 0.5) is 0 Å². The van der Waals surface area contributed by atoms with Crippen LogP contribution < -0.4 is 4.74 Å². The standard InChI is InChI=1S/C16H18O.C2H4/c1-2-7-14-10-6-11-16(12-14)17-13-15-8-4-3-5-9-15;1-2/h3-6,8-12H,2,7,13H2,1H3;1-2H2. The Hall–Kier alpha value is -2.02. The van der Waals surface area contributed by atoms with Gasteiger partial charge in [-0.3, -0.25) is 0 Å². The van der Waals surface area contributed by atoms with E-state index in [0.717, 1.165) is 12.2 Å². The van der Waals surface area contributed by atoms with Crippen molar-refractivity contribution in [1.82, 2.24) is 0 Å². The lowest BCUT2D eigenvalue weighted by Gasteiger charge is -2.07. The Morgan fingerprint density at radius 3 is 2.26 bits per heavy atom. The minimum absolute atomic E-state index is 0.635. The Balaban J connectivity index is 0.000000861. The molecule has 0 unspecified atom stereocenters. The van der Waals surface area contributed by atoms with Gasteiger partial charge < -0.3 is 4.74 Å². The molecule has 0 saturated carbocycles. The topological polar surface area (TPSA) is 9.23 Å². The van der Waals surface area contributed by atoms with Crippen molar-refractivity contribution in [2.75, 3.05) is 0 Å². The van der Waals surface area contributed by atoms with Crippen LogP contribution in [-0.2, 0) is 13.0 Å². The van der Waals surface area contributed by atoms with E-state index < -0.39 is 0 Å². The predicted molar refractivity (Wildman–Crippen MR) is 82.5 cm³/mol. The van der Waals surface area contributed by atoms with Crippen molar-refractivity contribution in [3.63, 3.8) is 0 Å². The Labute approximate surface area is 116 Å². The quantitative estimate of drug-likeness (QED) is 0.681. The highest BCUT2D eigenvalue weighted by Gasteiger charge is 1.97. The summed E-state index contributed by atoms with van der Waals surface area (Å²) in [5.74, 6) is 0.958. The van der Waals surface area contributed by atoms with Crippen LogP contribution in [-0.4, -0.2) is 0 Å². The third kappa shape index (κ3) is 5.43. The number of benzene rings is 2. The Morgan fingerprint density at radius 2 is 1.58 bits per heavy atom. The first-order chi connectivity index (χ1) is 9.38. The van der Waals surface area contributed by atoms with Gasteiger partial charge in [0, 0.05) is 0 Å². The monoisotopic (exact) mass is 254 g/mol. The van der Waals surface area contributed by atoms with Crippen LogP contribution in [0.25, 0.3) is 0 Å². The molecule has 0 radical (unpaired) electrons. The molecule has 0 amide bonds. The van der Waals surface area contributed by atoms with Gasteiger partial charge in [-0.2, -0.15) is 0 Å². The molecule has 2 aromatic rings. The van der Waals surface area contributed by atoms with E-state index in [4.69, 9.17) is 4.74 Å². The molecule has 100 valence electrons. The van der Waals surface area contributed by atoms with Crippen LogP contribution in [0.3, 0.4) is 0 Å². The molecule has 0 N–H and O–H groups in total. The highest BCUT2D eigenvalue weighted by Crippen LogP contribution is 2.16. The summed E-state index contributed by atoms with van der Waals surface area (Å²) in [6, 6.07) is 18.6. The number of ether oxygens (including phenoxy) is 1. The maximum Gasteiger partial charge on any atom is 0.120 e. The molecule has 0 aromatic heterocycles. The summed E-state index contributed by atoms with van der Waals surface area (Å²) in [4.78, 5) is 0. The Morgan fingerprint density at radius 1 is 0.895 bits per heavy atom. The second kappa shape index (κ2) is 8.98. The van der Waals surface area contributed by atoms with Crippen LogP contribution in [0.2, 0.25) is 0 Å². The summed E-state index contributed by atoms with van der Waals surface area (Å²) in [6.45, 7) is 8.83. The zero-order chi connectivity index (χ0) is 13.9. The molecule has 0 atom stereocenters. The van der Waals surface area contributed by atoms with E-state index in [2.05, 4.69) is 50.4 Å². The van der Waals surface area contributed by atoms with Gasteiger partial charge in [0.1, 0.15) is 12.4 Å². The fraction of sp³-hybridized carbons (Fsp3) is 0.222. The molecular weight excluding hydrogens is 232 g/mol. The summed E-state index contributed by atoms with van der Waals surface area (Å²) in [7, 11) is 0. The summed E-state index contributed by atoms with van der Waals surface area (Å²) < 4.78 is 5.78. The van der Waals surface area contributed by atoms with E-state index in [1.54, 1.807) is 0 Å². The minimum atomic E-state index is 0.635. The molecule has 0 spiro atoms. The smallest absolute Gasteiger partial charge is 0.120 e. The molecule has 0 aliphatic carbocycles. The molecule has 0 fully saturated rings. The Bertz CT molecular complexity index is 462. The average Bonchev–Trinajstić information content (AvgIpc) is 2.49. The number of hydrogen-bond donors (Lipinski definition) is 0. The number of hydrogen-bond acceptors (Lipinski definition) is 1. The molecule has 0 saturated heterocycles. The highest BCUT2D eigenvalue weighted by atomic mass is 16.5. The minimum Gasteiger partial charge on any atom is -0.489 e. The van der Waals surface area contributed by atoms with E-state index in [1.807, 2.05) is 24.3 Å². The molecule has 0 bridgehead atoms. The van der Waals surface area contributed by atoms with Crippen molar-refractivity contribution < 1.29 is 4.74 Å². The van der Waals surface area contributed by atoms with Crippen molar-refractivity contribution in [3.05, 3.63) is 78.9 Å². The van der Waals surface area contributed by atoms with Gasteiger partial charge in [-0.25, -0.2) is 0 Å². The molecule has 0 heterocycles. The lowest BCUT2D eigenvalue weighted by atomic mass is 10.1. The van der Waals surface area contributed by atoms with Gasteiger partial charge in [-0.15, -0.1) is 13.2 Å². The lowest BCUT2D eigenvalue weighted by Crippen LogP contribution is -1.95. The maximum atomic E-state index is 5.78. The van der Waals surface area contributed by atoms with Gasteiger partial charge in [0.25, 0.3) is 0 Å². The molecular formula is C18H22O. The normalized spacial score (nSPS) is 9.32. The summed E-state index contributed by atoms with van der Waals surface area (Å²) in [5, 5.41) is 0. The molecule has 1 heteroatoms. The van der Waals surface area contributed by atoms with Crippen LogP contribution in [0.1, 0.15) is 24.5 Å². The van der Waals surface area contributed by atoms with Crippen molar-refractivity contribution in [2.45, 2.75) is 26.4 Å². The lowest BCUT2D eigenvalue weighted by molar-refractivity contribution is 0.306. The fourth-order valence-electron chi connectivity index (χ4n) is 1.82. The first kappa shape index (κ1) is 15.0. The van der Waals surface area contributed by atoms with Gasteiger partial charge >= 0.3 is 0 Å². The van der Waals surface area contributed by atoms with Crippen molar-refractivity contribution in [2.24, 2.45) is 0 Å². The van der Waals surface area contributed by atoms with Crippen LogP contribution in [0.5, 0.6) is 5.75 Å². The zero-order valence-corrected chi connectivity index (χ0v) is 11.6. The second-order valence-corrected chi connectivity index (χ2v) is 4.17. The summed E-state index contributed by atoms with van der Waals surface area (Å²) in [6.07, 6.45) is 2.28. The van der Waals surface area contributed by atoms with E-state index in [-0.39, 0.29) is 0 Å². The maximum absolute atomic E-state index is 5.78. The zero-order valence-electron chi connectivity index (χ0n) is 11.6. The summed E-state index contributed by atoms with van der Waals surface area (Å²) in [5.41, 5.74) is 2.55. The summed E-state index contributed by atoms with van der Waals surface area (Å²) >= 11 is 0. The predicted octanol–water partition coefficient (Wildman–Crippen LogP) is 5.02. The van der Waals surface area contributed by atoms with Gasteiger partial charge in [0.2, 0.25) is 0 Å². The second-order valence-electron chi connectivity index (χ2n) is 4.17. The molecule has 2 rings (SSSR count). The van der Waals surface area contributed by atoms with Crippen LogP contribution in [0, 0.1) is 0 Å². The third-order valence-electron chi connectivity index (χ3n) is 2.69. The van der Waals surface area contributed by atoms with E-state index in [0.29, 0.717) is 6.61 Å². The van der Waals surface area contributed by atoms with Gasteiger partial charge in [0.15, 0.2) is 0 Å². The van der Waals surface area contributed by atoms with Crippen LogP contribution >= 0.6 is 0 Å². The molecule has 19 heavy (non-hydrogen) atoms. The molecule has 0 aliphatic heterocycles. The van der Waals surface area contributed by atoms with E-state index in [9.17, 15) is 0 Å². The van der Waals surface area contributed by atoms with Crippen molar-refractivity contribution in [3.8, 4) is 5.75 Å². The molecule has 1 nitrogen and oxygen atoms in total. The first-order valence-electron chi connectivity index (χ1n) is 6.64. The van der Waals surface area contributed by atoms with Gasteiger partial charge in [-0.05, 0) is 29.7 Å². The Kier molecular flexibility index (Phi) is 7.11. The third-order valence-corrected chi connectivity index (χ3v) is 2.69. The van der Waals surface area contributed by atoms with Crippen molar-refractivity contribution in [1.29, 1.82) is 0 Å². The van der Waals surface area contributed by atoms with E-state index in [1.165, 1.54) is 17.5 Å². The number of aryl methyl sites for hydroxylation is 1. The van der Waals surface area contributed by atoms with Gasteiger partial charge in [0.05, 0.1) is 0 Å². The van der Waals surface area contributed by atoms with Gasteiger partial charge in [-0.1, -0.05) is 55.8 Å². The van der Waals surface area contributed by atoms with Crippen LogP contribution in [0.15, 0.2) is 67.8 Å². The highest BCUT2D eigenvalue weighted by molar-refractivity contribution is 5.29.